The highest BCUT2D eigenvalue weighted by Crippen LogP contribution is 2.26. The van der Waals surface area contributed by atoms with Gasteiger partial charge in [0.15, 0.2) is 9.84 Å². The van der Waals surface area contributed by atoms with Crippen molar-refractivity contribution in [2.75, 3.05) is 6.26 Å². The number of pyridine rings is 1. The van der Waals surface area contributed by atoms with Crippen LogP contribution in [-0.4, -0.2) is 19.7 Å². The van der Waals surface area contributed by atoms with E-state index in [4.69, 9.17) is 11.6 Å². The van der Waals surface area contributed by atoms with Crippen molar-refractivity contribution < 1.29 is 8.42 Å². The summed E-state index contributed by atoms with van der Waals surface area (Å²) in [7, 11) is -3.27. The summed E-state index contributed by atoms with van der Waals surface area (Å²) >= 11 is 5.91. The standard InChI is InChI=1S/C11H14ClNO2S/c1-16(14,15)10-7-8-5-3-2-4-6-9(8)13-11(10)12/h7H,2-6H2,1H3. The minimum atomic E-state index is -3.27. The molecule has 0 fully saturated rings. The normalized spacial score (nSPS) is 16.6. The first-order valence-electron chi connectivity index (χ1n) is 5.37. The predicted molar refractivity (Wildman–Crippen MR) is 63.6 cm³/mol. The Balaban J connectivity index is 2.56. The van der Waals surface area contributed by atoms with Crippen LogP contribution in [0.25, 0.3) is 0 Å². The number of aryl methyl sites for hydroxylation is 2. The molecular formula is C11H14ClNO2S. The Hall–Kier alpha value is -0.610. The quantitative estimate of drug-likeness (QED) is 0.575. The summed E-state index contributed by atoms with van der Waals surface area (Å²) in [6, 6.07) is 1.70. The van der Waals surface area contributed by atoms with E-state index in [9.17, 15) is 8.42 Å². The molecule has 0 N–H and O–H groups in total. The molecule has 3 nitrogen and oxygen atoms in total. The maximum Gasteiger partial charge on any atom is 0.178 e. The Kier molecular flexibility index (Phi) is 3.22. The lowest BCUT2D eigenvalue weighted by molar-refractivity contribution is 0.601. The molecular weight excluding hydrogens is 246 g/mol. The van der Waals surface area contributed by atoms with Crippen LogP contribution in [0.15, 0.2) is 11.0 Å². The van der Waals surface area contributed by atoms with Crippen molar-refractivity contribution in [3.8, 4) is 0 Å². The third kappa shape index (κ3) is 2.38. The number of hydrogen-bond acceptors (Lipinski definition) is 3. The Morgan fingerprint density at radius 3 is 2.62 bits per heavy atom. The second kappa shape index (κ2) is 4.34. The predicted octanol–water partition coefficient (Wildman–Crippen LogP) is 2.41. The van der Waals surface area contributed by atoms with Crippen molar-refractivity contribution in [3.63, 3.8) is 0 Å². The summed E-state index contributed by atoms with van der Waals surface area (Å²) in [5.41, 5.74) is 2.01. The molecule has 0 bridgehead atoms. The number of sulfone groups is 1. The van der Waals surface area contributed by atoms with Gasteiger partial charge in [-0.25, -0.2) is 13.4 Å². The zero-order valence-corrected chi connectivity index (χ0v) is 10.7. The SMILES string of the molecule is CS(=O)(=O)c1cc2c(nc1Cl)CCCCC2. The fraction of sp³-hybridized carbons (Fsp3) is 0.545. The molecule has 0 saturated carbocycles. The molecule has 1 aromatic heterocycles. The number of fused-ring (bicyclic) bond motifs is 1. The smallest absolute Gasteiger partial charge is 0.178 e. The van der Waals surface area contributed by atoms with Gasteiger partial charge in [-0.15, -0.1) is 0 Å². The summed E-state index contributed by atoms with van der Waals surface area (Å²) in [6.45, 7) is 0. The molecule has 0 aromatic carbocycles. The number of halogens is 1. The fourth-order valence-corrected chi connectivity index (χ4v) is 3.31. The van der Waals surface area contributed by atoms with Gasteiger partial charge in [0.05, 0.1) is 0 Å². The van der Waals surface area contributed by atoms with Crippen LogP contribution >= 0.6 is 11.6 Å². The maximum atomic E-state index is 11.5. The molecule has 0 radical (unpaired) electrons. The van der Waals surface area contributed by atoms with E-state index in [1.165, 1.54) is 12.7 Å². The van der Waals surface area contributed by atoms with E-state index in [0.29, 0.717) is 0 Å². The largest absolute Gasteiger partial charge is 0.239 e. The third-order valence-electron chi connectivity index (χ3n) is 2.87. The zero-order chi connectivity index (χ0) is 11.8. The van der Waals surface area contributed by atoms with Crippen LogP contribution < -0.4 is 0 Å². The van der Waals surface area contributed by atoms with E-state index in [0.717, 1.165) is 36.9 Å². The summed E-state index contributed by atoms with van der Waals surface area (Å²) in [5, 5.41) is 0.114. The molecule has 0 aliphatic heterocycles. The van der Waals surface area contributed by atoms with Crippen LogP contribution in [0.3, 0.4) is 0 Å². The molecule has 1 aliphatic carbocycles. The first-order valence-corrected chi connectivity index (χ1v) is 7.64. The van der Waals surface area contributed by atoms with Gasteiger partial charge in [0.1, 0.15) is 10.0 Å². The molecule has 5 heteroatoms. The highest BCUT2D eigenvalue weighted by molar-refractivity contribution is 7.90. The van der Waals surface area contributed by atoms with Crippen LogP contribution in [0.1, 0.15) is 30.5 Å². The average Bonchev–Trinajstić information content (AvgIpc) is 2.39. The molecule has 0 amide bonds. The molecule has 1 aromatic rings. The Labute approximate surface area is 101 Å². The van der Waals surface area contributed by atoms with Crippen LogP contribution in [0, 0.1) is 0 Å². The molecule has 0 saturated heterocycles. The minimum absolute atomic E-state index is 0.114. The lowest BCUT2D eigenvalue weighted by Gasteiger charge is -2.08. The lowest BCUT2D eigenvalue weighted by Crippen LogP contribution is -2.04. The number of nitrogens with zero attached hydrogens (tertiary/aromatic N) is 1. The van der Waals surface area contributed by atoms with E-state index in [2.05, 4.69) is 4.98 Å². The number of aromatic nitrogens is 1. The summed E-state index contributed by atoms with van der Waals surface area (Å²) < 4.78 is 23.0. The van der Waals surface area contributed by atoms with Crippen molar-refractivity contribution in [2.45, 2.75) is 37.0 Å². The van der Waals surface area contributed by atoms with Gasteiger partial charge in [0.25, 0.3) is 0 Å². The molecule has 88 valence electrons. The number of hydrogen-bond donors (Lipinski definition) is 0. The van der Waals surface area contributed by atoms with Gasteiger partial charge in [-0.2, -0.15) is 0 Å². The monoisotopic (exact) mass is 259 g/mol. The van der Waals surface area contributed by atoms with E-state index in [1.54, 1.807) is 6.07 Å². The fourth-order valence-electron chi connectivity index (χ4n) is 2.02. The second-order valence-electron chi connectivity index (χ2n) is 4.22. The van der Waals surface area contributed by atoms with Crippen LogP contribution in [-0.2, 0) is 22.7 Å². The Bertz CT molecular complexity index is 511. The van der Waals surface area contributed by atoms with E-state index in [1.807, 2.05) is 0 Å². The molecule has 2 rings (SSSR count). The van der Waals surface area contributed by atoms with Gasteiger partial charge >= 0.3 is 0 Å². The van der Waals surface area contributed by atoms with Gasteiger partial charge in [0.2, 0.25) is 0 Å². The summed E-state index contributed by atoms with van der Waals surface area (Å²) in [5.74, 6) is 0. The van der Waals surface area contributed by atoms with E-state index < -0.39 is 9.84 Å². The van der Waals surface area contributed by atoms with Crippen molar-refractivity contribution in [1.29, 1.82) is 0 Å². The molecule has 1 aliphatic rings. The maximum absolute atomic E-state index is 11.5. The van der Waals surface area contributed by atoms with Gasteiger partial charge in [-0.05, 0) is 37.3 Å². The van der Waals surface area contributed by atoms with Crippen molar-refractivity contribution in [1.82, 2.24) is 4.98 Å². The second-order valence-corrected chi connectivity index (χ2v) is 6.56. The van der Waals surface area contributed by atoms with Crippen LogP contribution in [0.2, 0.25) is 5.15 Å². The van der Waals surface area contributed by atoms with Gasteiger partial charge in [-0.3, -0.25) is 0 Å². The molecule has 1 heterocycles. The average molecular weight is 260 g/mol. The Morgan fingerprint density at radius 2 is 1.94 bits per heavy atom. The van der Waals surface area contributed by atoms with Crippen molar-refractivity contribution in [2.24, 2.45) is 0 Å². The summed E-state index contributed by atoms with van der Waals surface area (Å²) in [4.78, 5) is 4.39. The zero-order valence-electron chi connectivity index (χ0n) is 9.16. The molecule has 0 unspecified atom stereocenters. The first-order chi connectivity index (χ1) is 7.48. The third-order valence-corrected chi connectivity index (χ3v) is 4.38. The molecule has 0 spiro atoms. The van der Waals surface area contributed by atoms with Gasteiger partial charge in [0, 0.05) is 11.9 Å². The van der Waals surface area contributed by atoms with Crippen molar-refractivity contribution in [3.05, 3.63) is 22.5 Å². The molecule has 16 heavy (non-hydrogen) atoms. The number of rotatable bonds is 1. The van der Waals surface area contributed by atoms with Gasteiger partial charge in [-0.1, -0.05) is 18.0 Å². The minimum Gasteiger partial charge on any atom is -0.239 e. The van der Waals surface area contributed by atoms with Crippen molar-refractivity contribution >= 4 is 21.4 Å². The van der Waals surface area contributed by atoms with E-state index >= 15 is 0 Å². The van der Waals surface area contributed by atoms with Crippen LogP contribution in [0.4, 0.5) is 0 Å². The topological polar surface area (TPSA) is 47.0 Å². The highest BCUT2D eigenvalue weighted by atomic mass is 35.5. The van der Waals surface area contributed by atoms with Gasteiger partial charge < -0.3 is 0 Å². The lowest BCUT2D eigenvalue weighted by atomic mass is 10.1. The molecule has 0 atom stereocenters. The summed E-state index contributed by atoms with van der Waals surface area (Å²) in [6.07, 6.45) is 6.34. The van der Waals surface area contributed by atoms with E-state index in [-0.39, 0.29) is 10.0 Å². The van der Waals surface area contributed by atoms with Crippen LogP contribution in [0.5, 0.6) is 0 Å². The first kappa shape index (κ1) is 11.9. The Morgan fingerprint density at radius 1 is 1.25 bits per heavy atom. The highest BCUT2D eigenvalue weighted by Gasteiger charge is 2.18.